The minimum Gasteiger partial charge on any atom is -0.426 e. The highest BCUT2D eigenvalue weighted by Crippen LogP contribution is 2.27. The van der Waals surface area contributed by atoms with E-state index in [4.69, 9.17) is 0 Å². The van der Waals surface area contributed by atoms with Gasteiger partial charge in [0, 0.05) is 35.8 Å². The summed E-state index contributed by atoms with van der Waals surface area (Å²) in [6, 6.07) is 15.6. The molecule has 0 aliphatic rings. The second kappa shape index (κ2) is 5.24. The zero-order valence-corrected chi connectivity index (χ0v) is 12.4. The molecule has 0 saturated heterocycles. The van der Waals surface area contributed by atoms with Gasteiger partial charge in [-0.1, -0.05) is 12.1 Å². The highest BCUT2D eigenvalue weighted by molar-refractivity contribution is 5.82. The summed E-state index contributed by atoms with van der Waals surface area (Å²) in [5, 5.41) is 21.3. The van der Waals surface area contributed by atoms with Gasteiger partial charge < -0.3 is 9.77 Å². The maximum Gasteiger partial charge on any atom is 0.271 e. The summed E-state index contributed by atoms with van der Waals surface area (Å²) >= 11 is 0. The molecule has 0 radical (unpaired) electrons. The van der Waals surface area contributed by atoms with Crippen molar-refractivity contribution < 1.29 is 10.1 Å². The third kappa shape index (κ3) is 2.19. The summed E-state index contributed by atoms with van der Waals surface area (Å²) < 4.78 is 2.83. The summed E-state index contributed by atoms with van der Waals surface area (Å²) in [4.78, 5) is 14.8. The minimum atomic E-state index is -0.501. The molecule has 0 spiro atoms. The molecule has 1 N–H and O–H groups in total. The van der Waals surface area contributed by atoms with E-state index in [9.17, 15) is 15.3 Å². The molecule has 7 heteroatoms. The van der Waals surface area contributed by atoms with Crippen molar-refractivity contribution in [1.82, 2.24) is 14.3 Å². The van der Waals surface area contributed by atoms with Gasteiger partial charge in [0.1, 0.15) is 5.52 Å². The Morgan fingerprint density at radius 1 is 1.04 bits per heavy atom. The molecule has 4 rings (SSSR count). The molecule has 2 heterocycles. The Morgan fingerprint density at radius 2 is 1.83 bits per heavy atom. The van der Waals surface area contributed by atoms with Crippen LogP contribution in [0, 0.1) is 10.1 Å². The lowest BCUT2D eigenvalue weighted by Crippen LogP contribution is -1.96. The van der Waals surface area contributed by atoms with Gasteiger partial charge in [-0.3, -0.25) is 10.1 Å². The van der Waals surface area contributed by atoms with E-state index >= 15 is 0 Å². The van der Waals surface area contributed by atoms with Gasteiger partial charge in [-0.2, -0.15) is 4.73 Å². The zero-order valence-electron chi connectivity index (χ0n) is 12.4. The van der Waals surface area contributed by atoms with Crippen LogP contribution in [0.25, 0.3) is 28.1 Å². The third-order valence-electron chi connectivity index (χ3n) is 3.83. The number of nitro groups is 1. The number of hydrogen-bond donors (Lipinski definition) is 1. The molecule has 0 aliphatic heterocycles. The van der Waals surface area contributed by atoms with E-state index in [2.05, 4.69) is 4.98 Å². The normalized spacial score (nSPS) is 11.0. The fourth-order valence-corrected chi connectivity index (χ4v) is 2.66. The van der Waals surface area contributed by atoms with Crippen LogP contribution in [-0.2, 0) is 0 Å². The third-order valence-corrected chi connectivity index (χ3v) is 3.83. The van der Waals surface area contributed by atoms with Crippen LogP contribution in [0.4, 0.5) is 5.69 Å². The lowest BCUT2D eigenvalue weighted by Gasteiger charge is -2.06. The molecule has 118 valence electrons. The number of non-ortho nitro benzene ring substituents is 1. The fourth-order valence-electron chi connectivity index (χ4n) is 2.66. The average molecular weight is 320 g/mol. The van der Waals surface area contributed by atoms with Crippen molar-refractivity contribution >= 4 is 16.7 Å². The Morgan fingerprint density at radius 3 is 2.58 bits per heavy atom. The molecule has 7 nitrogen and oxygen atoms in total. The Balaban J connectivity index is 1.86. The number of rotatable bonds is 3. The smallest absolute Gasteiger partial charge is 0.271 e. The molecular formula is C17H12N4O3. The molecule has 0 amide bonds. The van der Waals surface area contributed by atoms with Crippen molar-refractivity contribution in [2.75, 3.05) is 0 Å². The van der Waals surface area contributed by atoms with E-state index in [1.807, 2.05) is 53.4 Å². The van der Waals surface area contributed by atoms with Gasteiger partial charge in [-0.25, -0.2) is 4.98 Å². The zero-order chi connectivity index (χ0) is 16.7. The van der Waals surface area contributed by atoms with Crippen LogP contribution < -0.4 is 0 Å². The average Bonchev–Trinajstić information content (AvgIpc) is 3.23. The summed E-state index contributed by atoms with van der Waals surface area (Å²) in [5.74, 6) is 0.333. The molecule has 0 fully saturated rings. The van der Waals surface area contributed by atoms with Crippen LogP contribution in [0.2, 0.25) is 0 Å². The highest BCUT2D eigenvalue weighted by atomic mass is 16.6. The number of hydrogen-bond acceptors (Lipinski definition) is 4. The second-order valence-electron chi connectivity index (χ2n) is 5.32. The topological polar surface area (TPSA) is 86.1 Å². The molecule has 0 bridgehead atoms. The summed E-state index contributed by atoms with van der Waals surface area (Å²) in [7, 11) is 0. The largest absolute Gasteiger partial charge is 0.426 e. The van der Waals surface area contributed by atoms with Crippen LogP contribution in [0.1, 0.15) is 0 Å². The molecule has 2 aromatic carbocycles. The first-order valence-electron chi connectivity index (χ1n) is 7.23. The van der Waals surface area contributed by atoms with E-state index in [0.717, 1.165) is 10.4 Å². The summed E-state index contributed by atoms with van der Waals surface area (Å²) in [6.45, 7) is 0. The van der Waals surface area contributed by atoms with E-state index in [0.29, 0.717) is 22.4 Å². The maximum absolute atomic E-state index is 10.9. The Hall–Kier alpha value is -3.61. The van der Waals surface area contributed by atoms with Gasteiger partial charge in [0.2, 0.25) is 0 Å². The molecule has 0 atom stereocenters. The van der Waals surface area contributed by atoms with Gasteiger partial charge in [0.15, 0.2) is 5.82 Å². The lowest BCUT2D eigenvalue weighted by molar-refractivity contribution is -0.384. The molecule has 24 heavy (non-hydrogen) atoms. The standard InChI is InChI=1S/C17H12N4O3/c22-20-16-11-14(21(23)24)6-7-15(16)18-17(20)12-4-3-5-13(10-12)19-8-1-2-9-19/h1-11,22H. The number of fused-ring (bicyclic) bond motifs is 1. The van der Waals surface area contributed by atoms with E-state index in [1.54, 1.807) is 0 Å². The van der Waals surface area contributed by atoms with Crippen molar-refractivity contribution in [1.29, 1.82) is 0 Å². The number of imidazole rings is 1. The predicted molar refractivity (Wildman–Crippen MR) is 88.3 cm³/mol. The Kier molecular flexibility index (Phi) is 3.06. The van der Waals surface area contributed by atoms with Crippen LogP contribution in [0.15, 0.2) is 67.0 Å². The summed E-state index contributed by atoms with van der Waals surface area (Å²) in [6.07, 6.45) is 3.84. The Bertz CT molecular complexity index is 1050. The van der Waals surface area contributed by atoms with Crippen molar-refractivity contribution in [3.63, 3.8) is 0 Å². The van der Waals surface area contributed by atoms with Crippen molar-refractivity contribution in [2.24, 2.45) is 0 Å². The lowest BCUT2D eigenvalue weighted by atomic mass is 10.2. The quantitative estimate of drug-likeness (QED) is 0.355. The van der Waals surface area contributed by atoms with E-state index < -0.39 is 4.92 Å². The first-order valence-corrected chi connectivity index (χ1v) is 7.23. The monoisotopic (exact) mass is 320 g/mol. The first kappa shape index (κ1) is 14.0. The van der Waals surface area contributed by atoms with Crippen molar-refractivity contribution in [3.8, 4) is 17.1 Å². The number of nitrogens with zero attached hydrogens (tertiary/aromatic N) is 4. The second-order valence-corrected chi connectivity index (χ2v) is 5.32. The van der Waals surface area contributed by atoms with Gasteiger partial charge in [-0.05, 0) is 30.3 Å². The molecule has 4 aromatic rings. The number of benzene rings is 2. The van der Waals surface area contributed by atoms with E-state index in [-0.39, 0.29) is 5.69 Å². The van der Waals surface area contributed by atoms with Crippen LogP contribution in [0.3, 0.4) is 0 Å². The molecule has 0 saturated carbocycles. The van der Waals surface area contributed by atoms with Gasteiger partial charge in [0.25, 0.3) is 5.69 Å². The van der Waals surface area contributed by atoms with Crippen LogP contribution >= 0.6 is 0 Å². The van der Waals surface area contributed by atoms with Crippen molar-refractivity contribution in [2.45, 2.75) is 0 Å². The maximum atomic E-state index is 10.9. The van der Waals surface area contributed by atoms with E-state index in [1.165, 1.54) is 18.2 Å². The van der Waals surface area contributed by atoms with Crippen molar-refractivity contribution in [3.05, 3.63) is 77.1 Å². The molecule has 0 aliphatic carbocycles. The van der Waals surface area contributed by atoms with Crippen LogP contribution in [-0.4, -0.2) is 24.4 Å². The molecule has 0 unspecified atom stereocenters. The predicted octanol–water partition coefficient (Wildman–Crippen LogP) is 3.64. The minimum absolute atomic E-state index is 0.0923. The first-order chi connectivity index (χ1) is 11.6. The highest BCUT2D eigenvalue weighted by Gasteiger charge is 2.16. The Labute approximate surface area is 136 Å². The molecule has 2 aromatic heterocycles. The van der Waals surface area contributed by atoms with Crippen LogP contribution in [0.5, 0.6) is 0 Å². The number of aromatic nitrogens is 3. The number of nitro benzene ring substituents is 1. The molecular weight excluding hydrogens is 308 g/mol. The van der Waals surface area contributed by atoms with Gasteiger partial charge in [-0.15, -0.1) is 0 Å². The summed E-state index contributed by atoms with van der Waals surface area (Å²) in [5.41, 5.74) is 2.33. The SMILES string of the molecule is O=[N+]([O-])c1ccc2nc(-c3cccc(-n4cccc4)c3)n(O)c2c1. The van der Waals surface area contributed by atoms with Gasteiger partial charge >= 0.3 is 0 Å². The van der Waals surface area contributed by atoms with Gasteiger partial charge in [0.05, 0.1) is 10.4 Å². The fraction of sp³-hybridized carbons (Fsp3) is 0.